The number of likely N-dealkylation sites (N-methyl/N-ethyl adjacent to an activating group) is 1. The van der Waals surface area contributed by atoms with Crippen LogP contribution in [0.1, 0.15) is 12.0 Å². The summed E-state index contributed by atoms with van der Waals surface area (Å²) in [6.45, 7) is 0.218. The molecule has 142 valence electrons. The van der Waals surface area contributed by atoms with Gasteiger partial charge in [-0.3, -0.25) is 4.79 Å². The number of hydrogen-bond acceptors (Lipinski definition) is 5. The molecule has 1 fully saturated rings. The summed E-state index contributed by atoms with van der Waals surface area (Å²) >= 11 is 0. The lowest BCUT2D eigenvalue weighted by Gasteiger charge is -2.43. The van der Waals surface area contributed by atoms with Crippen LogP contribution in [0.5, 0.6) is 0 Å². The summed E-state index contributed by atoms with van der Waals surface area (Å²) in [4.78, 5) is 39.0. The minimum Gasteiger partial charge on any atom is -0.480 e. The van der Waals surface area contributed by atoms with Crippen molar-refractivity contribution in [3.63, 3.8) is 0 Å². The quantitative estimate of drug-likeness (QED) is 0.662. The van der Waals surface area contributed by atoms with E-state index < -0.39 is 29.9 Å². The summed E-state index contributed by atoms with van der Waals surface area (Å²) in [5.41, 5.74) is 7.57. The minimum atomic E-state index is -1.20. The molecule has 3 rings (SSSR count). The van der Waals surface area contributed by atoms with Gasteiger partial charge in [0.2, 0.25) is 5.91 Å². The van der Waals surface area contributed by atoms with Gasteiger partial charge < -0.3 is 21.1 Å². The summed E-state index contributed by atoms with van der Waals surface area (Å²) in [6.07, 6.45) is 5.27. The first kappa shape index (κ1) is 18.7. The molecule has 3 amide bonds. The second-order valence-electron chi connectivity index (χ2n) is 6.66. The number of β-lactam (4-membered cyclic amide) rings is 1. The molecule has 4 N–H and O–H groups in total. The molecule has 0 aliphatic carbocycles. The molecule has 1 aromatic rings. The van der Waals surface area contributed by atoms with Crippen LogP contribution in [-0.2, 0) is 16.1 Å². The number of urea groups is 1. The normalized spacial score (nSPS) is 24.3. The second kappa shape index (κ2) is 7.63. The Bertz CT molecular complexity index is 805. The Kier molecular flexibility index (Phi) is 5.27. The van der Waals surface area contributed by atoms with Gasteiger partial charge in [0.15, 0.2) is 6.04 Å². The van der Waals surface area contributed by atoms with Gasteiger partial charge in [0.05, 0.1) is 12.1 Å². The highest BCUT2D eigenvalue weighted by molar-refractivity contribution is 6.07. The number of benzene rings is 1. The lowest BCUT2D eigenvalue weighted by molar-refractivity contribution is -0.165. The van der Waals surface area contributed by atoms with Crippen LogP contribution in [0.15, 0.2) is 54.3 Å². The Hall–Kier alpha value is -3.13. The fourth-order valence-corrected chi connectivity index (χ4v) is 3.21. The average Bonchev–Trinajstić information content (AvgIpc) is 2.65. The number of likely N-dealkylation sites (tertiary alicyclic amines) is 1. The van der Waals surface area contributed by atoms with Gasteiger partial charge in [0, 0.05) is 19.8 Å². The molecular weight excluding hydrogens is 348 g/mol. The molecule has 3 atom stereocenters. The molecule has 0 spiro atoms. The molecule has 8 nitrogen and oxygen atoms in total. The SMILES string of the molecule is CN1C=CC(C[C@H]2C(=O)N(C(=O)NCc3ccccc3)C2C(=O)O)=CC1N. The van der Waals surface area contributed by atoms with E-state index in [-0.39, 0.29) is 19.1 Å². The molecule has 2 unspecified atom stereocenters. The van der Waals surface area contributed by atoms with E-state index in [0.29, 0.717) is 0 Å². The van der Waals surface area contributed by atoms with Crippen molar-refractivity contribution in [2.45, 2.75) is 25.2 Å². The number of carboxylic acids is 1. The van der Waals surface area contributed by atoms with Gasteiger partial charge in [0.1, 0.15) is 0 Å². The van der Waals surface area contributed by atoms with Gasteiger partial charge in [-0.25, -0.2) is 14.5 Å². The van der Waals surface area contributed by atoms with Crippen LogP contribution in [0.25, 0.3) is 0 Å². The third-order valence-electron chi connectivity index (χ3n) is 4.81. The summed E-state index contributed by atoms with van der Waals surface area (Å²) in [6, 6.07) is 7.30. The molecule has 2 aliphatic heterocycles. The van der Waals surface area contributed by atoms with E-state index in [9.17, 15) is 19.5 Å². The maximum Gasteiger partial charge on any atom is 0.327 e. The maximum absolute atomic E-state index is 12.5. The monoisotopic (exact) mass is 370 g/mol. The van der Waals surface area contributed by atoms with Crippen LogP contribution in [-0.4, -0.2) is 52.1 Å². The average molecular weight is 370 g/mol. The highest BCUT2D eigenvalue weighted by Gasteiger charge is 2.54. The molecule has 1 aromatic carbocycles. The number of carbonyl (C=O) groups is 3. The van der Waals surface area contributed by atoms with Crippen molar-refractivity contribution in [3.05, 3.63) is 59.8 Å². The fraction of sp³-hybridized carbons (Fsp3) is 0.316. The molecule has 2 heterocycles. The molecule has 0 bridgehead atoms. The van der Waals surface area contributed by atoms with E-state index in [1.165, 1.54) is 0 Å². The van der Waals surface area contributed by atoms with Gasteiger partial charge in [0.25, 0.3) is 0 Å². The number of carboxylic acid groups (broad SMARTS) is 1. The van der Waals surface area contributed by atoms with Crippen molar-refractivity contribution in [2.24, 2.45) is 11.7 Å². The van der Waals surface area contributed by atoms with Crippen molar-refractivity contribution < 1.29 is 19.5 Å². The number of rotatable bonds is 5. The molecular formula is C19H22N4O4. The predicted molar refractivity (Wildman–Crippen MR) is 98.0 cm³/mol. The molecule has 2 aliphatic rings. The van der Waals surface area contributed by atoms with Crippen molar-refractivity contribution in [1.82, 2.24) is 15.1 Å². The number of carbonyl (C=O) groups excluding carboxylic acids is 2. The summed E-state index contributed by atoms with van der Waals surface area (Å²) < 4.78 is 0. The molecule has 1 saturated heterocycles. The van der Waals surface area contributed by atoms with Crippen molar-refractivity contribution in [2.75, 3.05) is 7.05 Å². The summed E-state index contributed by atoms with van der Waals surface area (Å²) in [5.74, 6) is -2.47. The number of aliphatic carboxylic acids is 1. The van der Waals surface area contributed by atoms with Gasteiger partial charge in [-0.2, -0.15) is 0 Å². The van der Waals surface area contributed by atoms with E-state index in [4.69, 9.17) is 5.73 Å². The van der Waals surface area contributed by atoms with Crippen LogP contribution in [0, 0.1) is 5.92 Å². The third-order valence-corrected chi connectivity index (χ3v) is 4.81. The topological polar surface area (TPSA) is 116 Å². The molecule has 0 saturated carbocycles. The molecule has 27 heavy (non-hydrogen) atoms. The number of allylic oxidation sites excluding steroid dienone is 2. The van der Waals surface area contributed by atoms with E-state index in [2.05, 4.69) is 5.32 Å². The zero-order valence-electron chi connectivity index (χ0n) is 14.9. The number of nitrogens with zero attached hydrogens (tertiary/aromatic N) is 2. The molecule has 8 heteroatoms. The molecule has 0 radical (unpaired) electrons. The summed E-state index contributed by atoms with van der Waals surface area (Å²) in [5, 5.41) is 12.1. The van der Waals surface area contributed by atoms with Gasteiger partial charge >= 0.3 is 12.0 Å². The first-order valence-corrected chi connectivity index (χ1v) is 8.62. The maximum atomic E-state index is 12.5. The first-order chi connectivity index (χ1) is 12.9. The minimum absolute atomic E-state index is 0.218. The lowest BCUT2D eigenvalue weighted by atomic mass is 9.82. The van der Waals surface area contributed by atoms with Gasteiger partial charge in [-0.15, -0.1) is 0 Å². The Morgan fingerprint density at radius 2 is 1.96 bits per heavy atom. The lowest BCUT2D eigenvalue weighted by Crippen LogP contribution is -2.68. The summed E-state index contributed by atoms with van der Waals surface area (Å²) in [7, 11) is 1.82. The third kappa shape index (κ3) is 3.85. The van der Waals surface area contributed by atoms with Crippen molar-refractivity contribution in [1.29, 1.82) is 0 Å². The van der Waals surface area contributed by atoms with E-state index in [0.717, 1.165) is 16.0 Å². The Labute approximate surface area is 156 Å². The second-order valence-corrected chi connectivity index (χ2v) is 6.66. The number of amides is 3. The largest absolute Gasteiger partial charge is 0.480 e. The van der Waals surface area contributed by atoms with Crippen LogP contribution in [0.4, 0.5) is 4.79 Å². The van der Waals surface area contributed by atoms with Crippen LogP contribution >= 0.6 is 0 Å². The van der Waals surface area contributed by atoms with E-state index in [1.807, 2.05) is 37.4 Å². The van der Waals surface area contributed by atoms with Crippen molar-refractivity contribution in [3.8, 4) is 0 Å². The van der Waals surface area contributed by atoms with Gasteiger partial charge in [-0.1, -0.05) is 30.3 Å². The van der Waals surface area contributed by atoms with E-state index in [1.54, 1.807) is 23.3 Å². The number of nitrogens with one attached hydrogen (secondary N) is 1. The smallest absolute Gasteiger partial charge is 0.327 e. The zero-order valence-corrected chi connectivity index (χ0v) is 14.9. The zero-order chi connectivity index (χ0) is 19.6. The van der Waals surface area contributed by atoms with E-state index >= 15 is 0 Å². The first-order valence-electron chi connectivity index (χ1n) is 8.62. The number of hydrogen-bond donors (Lipinski definition) is 3. The highest BCUT2D eigenvalue weighted by atomic mass is 16.4. The van der Waals surface area contributed by atoms with Crippen LogP contribution in [0.3, 0.4) is 0 Å². The highest BCUT2D eigenvalue weighted by Crippen LogP contribution is 2.33. The van der Waals surface area contributed by atoms with Crippen LogP contribution in [0.2, 0.25) is 0 Å². The fourth-order valence-electron chi connectivity index (χ4n) is 3.21. The number of imide groups is 1. The Morgan fingerprint density at radius 3 is 2.59 bits per heavy atom. The van der Waals surface area contributed by atoms with Crippen molar-refractivity contribution >= 4 is 17.9 Å². The Balaban J connectivity index is 1.65. The predicted octanol–water partition coefficient (Wildman–Crippen LogP) is 0.868. The number of nitrogens with two attached hydrogens (primary N) is 1. The van der Waals surface area contributed by atoms with Crippen LogP contribution < -0.4 is 11.1 Å². The van der Waals surface area contributed by atoms with Gasteiger partial charge in [-0.05, 0) is 29.7 Å². The molecule has 0 aromatic heterocycles. The Morgan fingerprint density at radius 1 is 1.26 bits per heavy atom. The standard InChI is InChI=1S/C19H22N4O4/c1-22-8-7-13(10-15(22)20)9-14-16(18(25)26)23(17(14)24)19(27)21-11-12-5-3-2-4-6-12/h2-8,10,14-16H,9,11,20H2,1H3,(H,21,27)(H,25,26)/t14-,15?,16?/m1/s1.